The first-order chi connectivity index (χ1) is 8.66. The van der Waals surface area contributed by atoms with E-state index in [1.807, 2.05) is 30.3 Å². The fraction of sp³-hybridized carbons (Fsp3) is 0.500. The van der Waals surface area contributed by atoms with Gasteiger partial charge in [-0.2, -0.15) is 0 Å². The maximum atomic E-state index is 11.9. The second kappa shape index (κ2) is 5.98. The molecule has 0 spiro atoms. The molecule has 0 saturated carbocycles. The molecule has 1 aromatic carbocycles. The van der Waals surface area contributed by atoms with E-state index in [0.29, 0.717) is 5.92 Å². The SMILES string of the molecule is CN1CCC(CNC(=O)[C@H](N)c2ccccc2)C1. The van der Waals surface area contributed by atoms with E-state index in [4.69, 9.17) is 5.73 Å². The average molecular weight is 247 g/mol. The van der Waals surface area contributed by atoms with Crippen molar-refractivity contribution in [3.63, 3.8) is 0 Å². The van der Waals surface area contributed by atoms with Crippen LogP contribution in [0, 0.1) is 5.92 Å². The summed E-state index contributed by atoms with van der Waals surface area (Å²) in [6, 6.07) is 8.91. The van der Waals surface area contributed by atoms with Gasteiger partial charge in [-0.05, 0) is 31.5 Å². The van der Waals surface area contributed by atoms with Gasteiger partial charge in [0.25, 0.3) is 0 Å². The van der Waals surface area contributed by atoms with Gasteiger partial charge in [0, 0.05) is 13.1 Å². The van der Waals surface area contributed by atoms with Crippen LogP contribution in [-0.2, 0) is 4.79 Å². The van der Waals surface area contributed by atoms with Crippen LogP contribution >= 0.6 is 0 Å². The van der Waals surface area contributed by atoms with Crippen LogP contribution in [0.2, 0.25) is 0 Å². The topological polar surface area (TPSA) is 58.4 Å². The molecule has 1 aliphatic heterocycles. The van der Waals surface area contributed by atoms with E-state index in [2.05, 4.69) is 17.3 Å². The maximum absolute atomic E-state index is 11.9. The van der Waals surface area contributed by atoms with Crippen LogP contribution in [0.1, 0.15) is 18.0 Å². The molecule has 2 rings (SSSR count). The first-order valence-electron chi connectivity index (χ1n) is 6.43. The summed E-state index contributed by atoms with van der Waals surface area (Å²) in [6.07, 6.45) is 1.15. The van der Waals surface area contributed by atoms with Gasteiger partial charge in [0.15, 0.2) is 0 Å². The van der Waals surface area contributed by atoms with E-state index in [1.54, 1.807) is 0 Å². The Kier molecular flexibility index (Phi) is 4.33. The predicted molar refractivity (Wildman–Crippen MR) is 72.0 cm³/mol. The smallest absolute Gasteiger partial charge is 0.241 e. The molecule has 4 heteroatoms. The number of rotatable bonds is 4. The third kappa shape index (κ3) is 3.31. The van der Waals surface area contributed by atoms with Gasteiger partial charge in [-0.1, -0.05) is 30.3 Å². The summed E-state index contributed by atoms with van der Waals surface area (Å²) in [5.74, 6) is 0.470. The van der Waals surface area contributed by atoms with E-state index in [-0.39, 0.29) is 5.91 Å². The average Bonchev–Trinajstić information content (AvgIpc) is 2.82. The van der Waals surface area contributed by atoms with Crippen molar-refractivity contribution in [2.75, 3.05) is 26.7 Å². The number of nitrogens with zero attached hydrogens (tertiary/aromatic N) is 1. The molecule has 0 bridgehead atoms. The zero-order chi connectivity index (χ0) is 13.0. The second-order valence-electron chi connectivity index (χ2n) is 5.05. The van der Waals surface area contributed by atoms with E-state index in [0.717, 1.165) is 31.6 Å². The van der Waals surface area contributed by atoms with Crippen LogP contribution in [0.4, 0.5) is 0 Å². The lowest BCUT2D eigenvalue weighted by molar-refractivity contribution is -0.122. The van der Waals surface area contributed by atoms with Gasteiger partial charge in [0.1, 0.15) is 6.04 Å². The molecule has 1 fully saturated rings. The quantitative estimate of drug-likeness (QED) is 0.825. The molecule has 1 amide bonds. The molecule has 1 saturated heterocycles. The zero-order valence-corrected chi connectivity index (χ0v) is 10.8. The molecule has 4 nitrogen and oxygen atoms in total. The standard InChI is InChI=1S/C14H21N3O/c1-17-8-7-11(10-17)9-16-14(18)13(15)12-5-3-2-4-6-12/h2-6,11,13H,7-10,15H2,1H3,(H,16,18)/t11?,13-/m1/s1. The molecule has 18 heavy (non-hydrogen) atoms. The number of benzene rings is 1. The molecule has 1 heterocycles. The van der Waals surface area contributed by atoms with Gasteiger partial charge in [0.2, 0.25) is 5.91 Å². The Morgan fingerprint density at radius 1 is 1.50 bits per heavy atom. The number of nitrogens with one attached hydrogen (secondary N) is 1. The van der Waals surface area contributed by atoms with E-state index in [1.165, 1.54) is 0 Å². The molecule has 1 unspecified atom stereocenters. The monoisotopic (exact) mass is 247 g/mol. The largest absolute Gasteiger partial charge is 0.354 e. The Balaban J connectivity index is 1.81. The van der Waals surface area contributed by atoms with E-state index < -0.39 is 6.04 Å². The zero-order valence-electron chi connectivity index (χ0n) is 10.8. The van der Waals surface area contributed by atoms with Gasteiger partial charge in [-0.3, -0.25) is 4.79 Å². The van der Waals surface area contributed by atoms with Crippen molar-refractivity contribution in [2.24, 2.45) is 11.7 Å². The van der Waals surface area contributed by atoms with Gasteiger partial charge >= 0.3 is 0 Å². The van der Waals surface area contributed by atoms with Crippen LogP contribution in [0.15, 0.2) is 30.3 Å². The molecule has 2 atom stereocenters. The number of carbonyl (C=O) groups excluding carboxylic acids is 1. The van der Waals surface area contributed by atoms with Gasteiger partial charge in [0.05, 0.1) is 0 Å². The predicted octanol–water partition coefficient (Wildman–Crippen LogP) is 0.754. The van der Waals surface area contributed by atoms with Gasteiger partial charge < -0.3 is 16.0 Å². The molecule has 1 aromatic rings. The summed E-state index contributed by atoms with van der Waals surface area (Å²) in [5, 5.41) is 2.95. The van der Waals surface area contributed by atoms with Crippen LogP contribution in [-0.4, -0.2) is 37.5 Å². The van der Waals surface area contributed by atoms with Crippen LogP contribution in [0.25, 0.3) is 0 Å². The molecule has 0 aromatic heterocycles. The van der Waals surface area contributed by atoms with Crippen molar-refractivity contribution < 1.29 is 4.79 Å². The highest BCUT2D eigenvalue weighted by molar-refractivity contribution is 5.82. The van der Waals surface area contributed by atoms with Crippen molar-refractivity contribution in [1.82, 2.24) is 10.2 Å². The van der Waals surface area contributed by atoms with Crippen LogP contribution in [0.3, 0.4) is 0 Å². The third-order valence-corrected chi connectivity index (χ3v) is 3.50. The van der Waals surface area contributed by atoms with Gasteiger partial charge in [-0.25, -0.2) is 0 Å². The summed E-state index contributed by atoms with van der Waals surface area (Å²) in [6.45, 7) is 2.90. The van der Waals surface area contributed by atoms with Gasteiger partial charge in [-0.15, -0.1) is 0 Å². The molecule has 0 radical (unpaired) electrons. The fourth-order valence-corrected chi connectivity index (χ4v) is 2.36. The first-order valence-corrected chi connectivity index (χ1v) is 6.43. The molecule has 98 valence electrons. The minimum atomic E-state index is -0.565. The maximum Gasteiger partial charge on any atom is 0.241 e. The Bertz CT molecular complexity index is 393. The fourth-order valence-electron chi connectivity index (χ4n) is 2.36. The lowest BCUT2D eigenvalue weighted by atomic mass is 10.1. The first kappa shape index (κ1) is 13.1. The summed E-state index contributed by atoms with van der Waals surface area (Å²) < 4.78 is 0. The van der Waals surface area contributed by atoms with Crippen molar-refractivity contribution in [2.45, 2.75) is 12.5 Å². The molecule has 1 aliphatic rings. The minimum Gasteiger partial charge on any atom is -0.354 e. The number of likely N-dealkylation sites (tertiary alicyclic amines) is 1. The second-order valence-corrected chi connectivity index (χ2v) is 5.05. The summed E-state index contributed by atoms with van der Waals surface area (Å²) in [5.41, 5.74) is 6.79. The van der Waals surface area contributed by atoms with E-state index >= 15 is 0 Å². The number of amides is 1. The van der Waals surface area contributed by atoms with E-state index in [9.17, 15) is 4.79 Å². The highest BCUT2D eigenvalue weighted by Crippen LogP contribution is 2.14. The highest BCUT2D eigenvalue weighted by atomic mass is 16.2. The Labute approximate surface area is 108 Å². The van der Waals surface area contributed by atoms with Crippen molar-refractivity contribution >= 4 is 5.91 Å². The van der Waals surface area contributed by atoms with Crippen LogP contribution in [0.5, 0.6) is 0 Å². The van der Waals surface area contributed by atoms with Crippen molar-refractivity contribution in [3.8, 4) is 0 Å². The Morgan fingerprint density at radius 3 is 2.83 bits per heavy atom. The molecular weight excluding hydrogens is 226 g/mol. The molecule has 0 aliphatic carbocycles. The number of hydrogen-bond donors (Lipinski definition) is 2. The minimum absolute atomic E-state index is 0.0873. The Hall–Kier alpha value is -1.39. The third-order valence-electron chi connectivity index (χ3n) is 3.50. The molecule has 3 N–H and O–H groups in total. The lowest BCUT2D eigenvalue weighted by Crippen LogP contribution is -2.37. The Morgan fingerprint density at radius 2 is 2.22 bits per heavy atom. The number of carbonyl (C=O) groups is 1. The summed E-state index contributed by atoms with van der Waals surface area (Å²) in [7, 11) is 2.11. The highest BCUT2D eigenvalue weighted by Gasteiger charge is 2.21. The van der Waals surface area contributed by atoms with Crippen molar-refractivity contribution in [1.29, 1.82) is 0 Å². The summed E-state index contributed by atoms with van der Waals surface area (Å²) in [4.78, 5) is 14.2. The lowest BCUT2D eigenvalue weighted by Gasteiger charge is -2.15. The molecular formula is C14H21N3O. The normalized spacial score (nSPS) is 21.8. The summed E-state index contributed by atoms with van der Waals surface area (Å²) >= 11 is 0. The van der Waals surface area contributed by atoms with Crippen molar-refractivity contribution in [3.05, 3.63) is 35.9 Å². The number of nitrogens with two attached hydrogens (primary N) is 1. The van der Waals surface area contributed by atoms with Crippen LogP contribution < -0.4 is 11.1 Å². The number of hydrogen-bond acceptors (Lipinski definition) is 3.